The molecule has 6 nitrogen and oxygen atoms in total. The van der Waals surface area contributed by atoms with Gasteiger partial charge in [0.2, 0.25) is 0 Å². The summed E-state index contributed by atoms with van der Waals surface area (Å²) in [5.41, 5.74) is 1.66. The molecule has 112 valence electrons. The molecule has 0 heterocycles. The minimum atomic E-state index is -0.372. The van der Waals surface area contributed by atoms with Gasteiger partial charge < -0.3 is 15.0 Å². The fraction of sp³-hybridized carbons (Fsp3) is 0.571. The van der Waals surface area contributed by atoms with E-state index in [1.807, 2.05) is 38.8 Å². The molecule has 0 unspecified atom stereocenters. The van der Waals surface area contributed by atoms with E-state index in [0.29, 0.717) is 13.2 Å². The van der Waals surface area contributed by atoms with Gasteiger partial charge in [-0.25, -0.2) is 0 Å². The topological polar surface area (TPSA) is 67.6 Å². The van der Waals surface area contributed by atoms with Gasteiger partial charge in [-0.15, -0.1) is 0 Å². The molecule has 0 fully saturated rings. The Balaban J connectivity index is 2.83. The lowest BCUT2D eigenvalue weighted by molar-refractivity contribution is -0.384. The van der Waals surface area contributed by atoms with Gasteiger partial charge in [-0.1, -0.05) is 0 Å². The predicted molar refractivity (Wildman–Crippen MR) is 81.6 cm³/mol. The summed E-state index contributed by atoms with van der Waals surface area (Å²) < 4.78 is 5.50. The van der Waals surface area contributed by atoms with E-state index in [-0.39, 0.29) is 16.7 Å². The molecule has 0 saturated carbocycles. The second-order valence-corrected chi connectivity index (χ2v) is 4.87. The van der Waals surface area contributed by atoms with E-state index in [0.717, 1.165) is 17.9 Å². The number of nitro benzene ring substituents is 1. The zero-order chi connectivity index (χ0) is 15.1. The lowest BCUT2D eigenvalue weighted by Gasteiger charge is -2.20. The Morgan fingerprint density at radius 2 is 2.10 bits per heavy atom. The second-order valence-electron chi connectivity index (χ2n) is 4.87. The third-order valence-corrected chi connectivity index (χ3v) is 2.81. The van der Waals surface area contributed by atoms with Crippen LogP contribution in [-0.2, 0) is 4.74 Å². The molecule has 0 aliphatic rings. The molecule has 20 heavy (non-hydrogen) atoms. The van der Waals surface area contributed by atoms with Gasteiger partial charge in [0, 0.05) is 43.6 Å². The third kappa shape index (κ3) is 5.05. The van der Waals surface area contributed by atoms with Crippen molar-refractivity contribution in [2.24, 2.45) is 0 Å². The van der Waals surface area contributed by atoms with Gasteiger partial charge in [0.15, 0.2) is 0 Å². The van der Waals surface area contributed by atoms with Crippen LogP contribution in [0.5, 0.6) is 0 Å². The molecule has 1 aromatic carbocycles. The highest BCUT2D eigenvalue weighted by atomic mass is 16.6. The van der Waals surface area contributed by atoms with Crippen molar-refractivity contribution < 1.29 is 9.66 Å². The first-order valence-electron chi connectivity index (χ1n) is 6.80. The average molecular weight is 281 g/mol. The minimum Gasteiger partial charge on any atom is -0.385 e. The van der Waals surface area contributed by atoms with Crippen molar-refractivity contribution in [2.45, 2.75) is 26.9 Å². The number of hydrogen-bond acceptors (Lipinski definition) is 5. The fourth-order valence-electron chi connectivity index (χ4n) is 1.78. The number of likely N-dealkylation sites (N-methyl/N-ethyl adjacent to an activating group) is 1. The number of benzene rings is 1. The maximum Gasteiger partial charge on any atom is 0.273 e. The average Bonchev–Trinajstić information content (AvgIpc) is 2.38. The molecular formula is C14H23N3O3. The van der Waals surface area contributed by atoms with Crippen LogP contribution < -0.4 is 10.2 Å². The van der Waals surface area contributed by atoms with E-state index in [2.05, 4.69) is 5.32 Å². The molecule has 0 saturated heterocycles. The van der Waals surface area contributed by atoms with Crippen LogP contribution in [0.1, 0.15) is 20.8 Å². The molecule has 6 heteroatoms. The van der Waals surface area contributed by atoms with Crippen LogP contribution in [0.3, 0.4) is 0 Å². The summed E-state index contributed by atoms with van der Waals surface area (Å²) in [6.07, 6.45) is 0.186. The molecule has 0 amide bonds. The SMILES string of the molecule is CCNc1cc(N(C)CCOC(C)C)cc([N+](=O)[O-])c1. The minimum absolute atomic E-state index is 0.0927. The van der Waals surface area contributed by atoms with Crippen molar-refractivity contribution in [3.8, 4) is 0 Å². The number of hydrogen-bond donors (Lipinski definition) is 1. The third-order valence-electron chi connectivity index (χ3n) is 2.81. The fourth-order valence-corrected chi connectivity index (χ4v) is 1.78. The highest BCUT2D eigenvalue weighted by molar-refractivity contribution is 5.64. The number of nitrogens with zero attached hydrogens (tertiary/aromatic N) is 2. The van der Waals surface area contributed by atoms with Crippen molar-refractivity contribution in [1.29, 1.82) is 0 Å². The quantitative estimate of drug-likeness (QED) is 0.586. The van der Waals surface area contributed by atoms with Gasteiger partial charge in [-0.3, -0.25) is 10.1 Å². The van der Waals surface area contributed by atoms with Crippen LogP contribution >= 0.6 is 0 Å². The monoisotopic (exact) mass is 281 g/mol. The van der Waals surface area contributed by atoms with Crippen molar-refractivity contribution in [3.63, 3.8) is 0 Å². The molecule has 0 atom stereocenters. The molecule has 0 aliphatic heterocycles. The Hall–Kier alpha value is -1.82. The van der Waals surface area contributed by atoms with Crippen molar-refractivity contribution in [3.05, 3.63) is 28.3 Å². The van der Waals surface area contributed by atoms with Crippen LogP contribution in [0.2, 0.25) is 0 Å². The van der Waals surface area contributed by atoms with Gasteiger partial charge in [-0.2, -0.15) is 0 Å². The van der Waals surface area contributed by atoms with Crippen LogP contribution in [-0.4, -0.2) is 37.8 Å². The summed E-state index contributed by atoms with van der Waals surface area (Å²) in [5.74, 6) is 0. The molecule has 0 spiro atoms. The highest BCUT2D eigenvalue weighted by Gasteiger charge is 2.12. The van der Waals surface area contributed by atoms with Crippen LogP contribution in [0, 0.1) is 10.1 Å². The smallest absolute Gasteiger partial charge is 0.273 e. The summed E-state index contributed by atoms with van der Waals surface area (Å²) in [6, 6.07) is 5.04. The number of anilines is 2. The van der Waals surface area contributed by atoms with E-state index >= 15 is 0 Å². The standard InChI is InChI=1S/C14H23N3O3/c1-5-15-12-8-13(10-14(9-12)17(18)19)16(4)6-7-20-11(2)3/h8-11,15H,5-7H2,1-4H3. The molecule has 0 aromatic heterocycles. The van der Waals surface area contributed by atoms with E-state index in [9.17, 15) is 10.1 Å². The van der Waals surface area contributed by atoms with Crippen molar-refractivity contribution in [2.75, 3.05) is 37.0 Å². The first-order valence-corrected chi connectivity index (χ1v) is 6.80. The number of rotatable bonds is 8. The molecule has 1 N–H and O–H groups in total. The number of nitro groups is 1. The number of nitrogens with one attached hydrogen (secondary N) is 1. The van der Waals surface area contributed by atoms with Crippen LogP contribution in [0.4, 0.5) is 17.1 Å². The van der Waals surface area contributed by atoms with Gasteiger partial charge in [0.25, 0.3) is 5.69 Å². The first kappa shape index (κ1) is 16.2. The summed E-state index contributed by atoms with van der Waals surface area (Å²) in [5, 5.41) is 14.1. The van der Waals surface area contributed by atoms with Gasteiger partial charge in [0.1, 0.15) is 0 Å². The summed E-state index contributed by atoms with van der Waals surface area (Å²) in [7, 11) is 1.90. The van der Waals surface area contributed by atoms with E-state index in [1.165, 1.54) is 0 Å². The van der Waals surface area contributed by atoms with Crippen molar-refractivity contribution in [1.82, 2.24) is 0 Å². The Kier molecular flexibility index (Phi) is 6.24. The molecular weight excluding hydrogens is 258 g/mol. The lowest BCUT2D eigenvalue weighted by atomic mass is 10.2. The van der Waals surface area contributed by atoms with Crippen LogP contribution in [0.25, 0.3) is 0 Å². The molecule has 0 aliphatic carbocycles. The molecule has 1 rings (SSSR count). The predicted octanol–water partition coefficient (Wildman–Crippen LogP) is 2.89. The second kappa shape index (κ2) is 7.69. The van der Waals surface area contributed by atoms with Gasteiger partial charge >= 0.3 is 0 Å². The lowest BCUT2D eigenvalue weighted by Crippen LogP contribution is -2.24. The Labute approximate surface area is 119 Å². The molecule has 0 radical (unpaired) electrons. The zero-order valence-corrected chi connectivity index (χ0v) is 12.5. The summed E-state index contributed by atoms with van der Waals surface area (Å²) >= 11 is 0. The Morgan fingerprint density at radius 1 is 1.40 bits per heavy atom. The number of ether oxygens (including phenoxy) is 1. The first-order chi connectivity index (χ1) is 9.43. The van der Waals surface area contributed by atoms with Gasteiger partial charge in [-0.05, 0) is 26.8 Å². The van der Waals surface area contributed by atoms with E-state index < -0.39 is 0 Å². The van der Waals surface area contributed by atoms with Gasteiger partial charge in [0.05, 0.1) is 17.6 Å². The van der Waals surface area contributed by atoms with Crippen molar-refractivity contribution >= 4 is 17.1 Å². The van der Waals surface area contributed by atoms with E-state index in [4.69, 9.17) is 4.74 Å². The Bertz CT molecular complexity index is 449. The van der Waals surface area contributed by atoms with E-state index in [1.54, 1.807) is 12.1 Å². The largest absolute Gasteiger partial charge is 0.385 e. The zero-order valence-electron chi connectivity index (χ0n) is 12.5. The number of non-ortho nitro benzene ring substituents is 1. The highest BCUT2D eigenvalue weighted by Crippen LogP contribution is 2.26. The summed E-state index contributed by atoms with van der Waals surface area (Å²) in [6.45, 7) is 7.92. The normalized spacial score (nSPS) is 10.7. The summed E-state index contributed by atoms with van der Waals surface area (Å²) in [4.78, 5) is 12.6. The Morgan fingerprint density at radius 3 is 2.65 bits per heavy atom. The van der Waals surface area contributed by atoms with Crippen LogP contribution in [0.15, 0.2) is 18.2 Å². The maximum absolute atomic E-state index is 11.0. The molecule has 1 aromatic rings. The molecule has 0 bridgehead atoms. The maximum atomic E-state index is 11.0.